The molecule has 2 bridgehead atoms. The van der Waals surface area contributed by atoms with E-state index in [1.165, 1.54) is 11.8 Å². The van der Waals surface area contributed by atoms with Gasteiger partial charge in [-0.2, -0.15) is 0 Å². The number of carbonyl (C=O) groups is 3. The Balaban J connectivity index is 1.72. The Bertz CT molecular complexity index is 710. The molecule has 6 heteroatoms. The van der Waals surface area contributed by atoms with Gasteiger partial charge in [-0.25, -0.2) is 0 Å². The maximum absolute atomic E-state index is 12.5. The second-order valence-corrected chi connectivity index (χ2v) is 6.43. The van der Waals surface area contributed by atoms with E-state index in [0.717, 1.165) is 5.69 Å². The summed E-state index contributed by atoms with van der Waals surface area (Å²) in [5, 5.41) is 14.2. The lowest BCUT2D eigenvalue weighted by Crippen LogP contribution is -2.42. The third-order valence-electron chi connectivity index (χ3n) is 5.03. The first-order valence-corrected chi connectivity index (χ1v) is 7.93. The zero-order chi connectivity index (χ0) is 17.4. The quantitative estimate of drug-likeness (QED) is 0.828. The molecule has 4 atom stereocenters. The standard InChI is InChI=1S/C18H20N2O4/c1-10(21)20(2)14-7-5-13(6-8-14)19-17(22)15-11-3-4-12(9-11)16(15)18(23)24/h3-8,11-12,15-16H,9H2,1-2H3,(H,19,22)(H,23,24)/p-1/t11-,12-,15+,16-/m0/s1. The molecule has 1 saturated carbocycles. The van der Waals surface area contributed by atoms with Crippen LogP contribution in [0.2, 0.25) is 0 Å². The van der Waals surface area contributed by atoms with Crippen molar-refractivity contribution >= 4 is 29.2 Å². The van der Waals surface area contributed by atoms with Crippen molar-refractivity contribution in [3.05, 3.63) is 36.4 Å². The molecule has 0 aliphatic heterocycles. The third-order valence-corrected chi connectivity index (χ3v) is 5.03. The van der Waals surface area contributed by atoms with Gasteiger partial charge in [-0.05, 0) is 42.5 Å². The number of carboxylic acids is 1. The van der Waals surface area contributed by atoms with Crippen LogP contribution in [0, 0.1) is 23.7 Å². The van der Waals surface area contributed by atoms with Crippen LogP contribution in [0.25, 0.3) is 0 Å². The number of carbonyl (C=O) groups excluding carboxylic acids is 3. The highest BCUT2D eigenvalue weighted by Crippen LogP contribution is 2.48. The molecular weight excluding hydrogens is 308 g/mol. The number of hydrogen-bond acceptors (Lipinski definition) is 4. The Labute approximate surface area is 140 Å². The van der Waals surface area contributed by atoms with Gasteiger partial charge in [0.05, 0.1) is 5.92 Å². The largest absolute Gasteiger partial charge is 0.550 e. The molecule has 2 aliphatic carbocycles. The van der Waals surface area contributed by atoms with Gasteiger partial charge in [-0.3, -0.25) is 9.59 Å². The molecule has 1 fully saturated rings. The van der Waals surface area contributed by atoms with Crippen molar-refractivity contribution < 1.29 is 19.5 Å². The topological polar surface area (TPSA) is 89.5 Å². The van der Waals surface area contributed by atoms with Crippen LogP contribution in [0.15, 0.2) is 36.4 Å². The van der Waals surface area contributed by atoms with E-state index in [2.05, 4.69) is 5.32 Å². The molecule has 126 valence electrons. The van der Waals surface area contributed by atoms with Gasteiger partial charge in [0.15, 0.2) is 0 Å². The van der Waals surface area contributed by atoms with Crippen molar-refractivity contribution in [3.63, 3.8) is 0 Å². The molecule has 0 spiro atoms. The summed E-state index contributed by atoms with van der Waals surface area (Å²) < 4.78 is 0. The number of nitrogens with zero attached hydrogens (tertiary/aromatic N) is 1. The van der Waals surface area contributed by atoms with Gasteiger partial charge in [-0.15, -0.1) is 0 Å². The molecule has 24 heavy (non-hydrogen) atoms. The second kappa shape index (κ2) is 6.11. The lowest BCUT2D eigenvalue weighted by Gasteiger charge is -2.27. The van der Waals surface area contributed by atoms with Crippen LogP contribution in [0.5, 0.6) is 0 Å². The zero-order valence-corrected chi connectivity index (χ0v) is 13.6. The Kier molecular flexibility index (Phi) is 4.13. The lowest BCUT2D eigenvalue weighted by molar-refractivity contribution is -0.313. The molecule has 1 N–H and O–H groups in total. The van der Waals surface area contributed by atoms with Gasteiger partial charge in [0.2, 0.25) is 11.8 Å². The van der Waals surface area contributed by atoms with E-state index in [0.29, 0.717) is 12.1 Å². The minimum absolute atomic E-state index is 0.0407. The number of rotatable bonds is 4. The molecule has 1 aromatic rings. The summed E-state index contributed by atoms with van der Waals surface area (Å²) in [6.45, 7) is 1.47. The molecule has 0 radical (unpaired) electrons. The Hall–Kier alpha value is -2.63. The number of aliphatic carboxylic acids is 1. The molecule has 2 aliphatic rings. The number of nitrogens with one attached hydrogen (secondary N) is 1. The van der Waals surface area contributed by atoms with Crippen LogP contribution in [0.4, 0.5) is 11.4 Å². The third kappa shape index (κ3) is 2.79. The summed E-state index contributed by atoms with van der Waals surface area (Å²) in [6, 6.07) is 6.86. The van der Waals surface area contributed by atoms with Crippen LogP contribution in [0.3, 0.4) is 0 Å². The van der Waals surface area contributed by atoms with Crippen molar-refractivity contribution in [2.24, 2.45) is 23.7 Å². The predicted octanol–water partition coefficient (Wildman–Crippen LogP) is 0.796. The first-order chi connectivity index (χ1) is 11.4. The van der Waals surface area contributed by atoms with Crippen molar-refractivity contribution in [1.29, 1.82) is 0 Å². The summed E-state index contributed by atoms with van der Waals surface area (Å²) in [4.78, 5) is 36.8. The van der Waals surface area contributed by atoms with E-state index in [4.69, 9.17) is 0 Å². The monoisotopic (exact) mass is 327 g/mol. The van der Waals surface area contributed by atoms with Crippen LogP contribution < -0.4 is 15.3 Å². The van der Waals surface area contributed by atoms with Gasteiger partial charge in [-0.1, -0.05) is 12.2 Å². The van der Waals surface area contributed by atoms with Crippen molar-refractivity contribution in [1.82, 2.24) is 0 Å². The van der Waals surface area contributed by atoms with Crippen LogP contribution >= 0.6 is 0 Å². The zero-order valence-electron chi connectivity index (χ0n) is 13.6. The van der Waals surface area contributed by atoms with Gasteiger partial charge in [0.1, 0.15) is 0 Å². The number of benzene rings is 1. The molecule has 0 heterocycles. The fourth-order valence-corrected chi connectivity index (χ4v) is 3.68. The maximum Gasteiger partial charge on any atom is 0.228 e. The number of carboxylic acid groups (broad SMARTS) is 1. The number of amides is 2. The Morgan fingerprint density at radius 3 is 2.21 bits per heavy atom. The van der Waals surface area contributed by atoms with E-state index < -0.39 is 17.8 Å². The van der Waals surface area contributed by atoms with Crippen LogP contribution in [-0.2, 0) is 14.4 Å². The van der Waals surface area contributed by atoms with E-state index in [9.17, 15) is 19.5 Å². The highest BCUT2D eigenvalue weighted by molar-refractivity contribution is 5.96. The molecule has 0 saturated heterocycles. The first-order valence-electron chi connectivity index (χ1n) is 7.93. The Morgan fingerprint density at radius 1 is 1.08 bits per heavy atom. The average molecular weight is 327 g/mol. The molecule has 0 unspecified atom stereocenters. The molecule has 6 nitrogen and oxygen atoms in total. The number of anilines is 2. The smallest absolute Gasteiger partial charge is 0.228 e. The summed E-state index contributed by atoms with van der Waals surface area (Å²) in [7, 11) is 1.67. The number of hydrogen-bond donors (Lipinski definition) is 1. The molecule has 2 amide bonds. The summed E-state index contributed by atoms with van der Waals surface area (Å²) in [5.41, 5.74) is 1.29. The minimum Gasteiger partial charge on any atom is -0.550 e. The fourth-order valence-electron chi connectivity index (χ4n) is 3.68. The lowest BCUT2D eigenvalue weighted by atomic mass is 9.82. The Morgan fingerprint density at radius 2 is 1.67 bits per heavy atom. The predicted molar refractivity (Wildman–Crippen MR) is 86.9 cm³/mol. The number of allylic oxidation sites excluding steroid dienone is 2. The van der Waals surface area contributed by atoms with Crippen LogP contribution in [0.1, 0.15) is 13.3 Å². The van der Waals surface area contributed by atoms with E-state index in [-0.39, 0.29) is 23.7 Å². The van der Waals surface area contributed by atoms with E-state index >= 15 is 0 Å². The van der Waals surface area contributed by atoms with Gasteiger partial charge >= 0.3 is 0 Å². The SMILES string of the molecule is CC(=O)N(C)c1ccc(NC(=O)[C@H]2[C@@H](C(=O)[O-])[C@H]3C=C[C@H]2C3)cc1. The molecular formula is C18H19N2O4-. The normalized spacial score (nSPS) is 27.1. The first kappa shape index (κ1) is 16.2. The van der Waals surface area contributed by atoms with Gasteiger partial charge < -0.3 is 20.1 Å². The maximum atomic E-state index is 12.5. The molecule has 3 rings (SSSR count). The van der Waals surface area contributed by atoms with Gasteiger partial charge in [0.25, 0.3) is 0 Å². The van der Waals surface area contributed by atoms with Crippen molar-refractivity contribution in [2.75, 3.05) is 17.3 Å². The molecule has 0 aromatic heterocycles. The van der Waals surface area contributed by atoms with Gasteiger partial charge in [0, 0.05) is 37.2 Å². The van der Waals surface area contributed by atoms with Crippen molar-refractivity contribution in [2.45, 2.75) is 13.3 Å². The summed E-state index contributed by atoms with van der Waals surface area (Å²) in [5.74, 6) is -3.05. The highest BCUT2D eigenvalue weighted by atomic mass is 16.4. The summed E-state index contributed by atoms with van der Waals surface area (Å²) in [6.07, 6.45) is 4.50. The molecule has 1 aromatic carbocycles. The van der Waals surface area contributed by atoms with E-state index in [1.807, 2.05) is 12.2 Å². The van der Waals surface area contributed by atoms with Crippen LogP contribution in [-0.4, -0.2) is 24.8 Å². The summed E-state index contributed by atoms with van der Waals surface area (Å²) >= 11 is 0. The fraction of sp³-hybridized carbons (Fsp3) is 0.389. The van der Waals surface area contributed by atoms with E-state index in [1.54, 1.807) is 31.3 Å². The second-order valence-electron chi connectivity index (χ2n) is 6.43. The highest BCUT2D eigenvalue weighted by Gasteiger charge is 2.48. The minimum atomic E-state index is -1.16. The average Bonchev–Trinajstić information content (AvgIpc) is 3.15. The van der Waals surface area contributed by atoms with Crippen molar-refractivity contribution in [3.8, 4) is 0 Å². The number of fused-ring (bicyclic) bond motifs is 2.